The van der Waals surface area contributed by atoms with E-state index in [0.29, 0.717) is 17.8 Å². The molecule has 10 aromatic carbocycles. The van der Waals surface area contributed by atoms with E-state index in [1.807, 2.05) is 0 Å². The van der Waals surface area contributed by atoms with E-state index >= 15 is 0 Å². The Hall–Kier alpha value is -9.79. The molecule has 0 amide bonds. The molecule has 0 saturated carbocycles. The van der Waals surface area contributed by atoms with Crippen LogP contribution in [0.1, 0.15) is 0 Å². The second kappa shape index (κ2) is 14.4. The third-order valence-corrected chi connectivity index (χ3v) is 14.8. The normalized spacial score (nSPS) is 12.2. The van der Waals surface area contributed by atoms with Gasteiger partial charge in [0.15, 0.2) is 0 Å². The number of para-hydroxylation sites is 8. The Bertz CT molecular complexity index is 4390. The van der Waals surface area contributed by atoms with Crippen molar-refractivity contribution in [3.63, 3.8) is 0 Å². The highest BCUT2D eigenvalue weighted by atomic mass is 15.3. The van der Waals surface area contributed by atoms with Crippen LogP contribution in [0.3, 0.4) is 0 Å². The van der Waals surface area contributed by atoms with Crippen molar-refractivity contribution in [1.82, 2.24) is 37.8 Å². The second-order valence-corrected chi connectivity index (χ2v) is 18.5. The number of benzene rings is 10. The summed E-state index contributed by atoms with van der Waals surface area (Å²) >= 11 is 0. The van der Waals surface area contributed by atoms with Crippen molar-refractivity contribution in [2.24, 2.45) is 0 Å². The molecule has 0 aliphatic rings. The summed E-state index contributed by atoms with van der Waals surface area (Å²) < 4.78 is 11.4. The number of aromatic nitrogens is 8. The lowest BCUT2D eigenvalue weighted by Gasteiger charge is -2.14. The average molecular weight is 907 g/mol. The summed E-state index contributed by atoms with van der Waals surface area (Å²) in [6.45, 7) is 0. The van der Waals surface area contributed by atoms with E-state index in [1.54, 1.807) is 0 Å². The zero-order valence-corrected chi connectivity index (χ0v) is 38.0. The van der Waals surface area contributed by atoms with E-state index in [1.165, 1.54) is 21.5 Å². The Morgan fingerprint density at radius 2 is 0.380 bits per heavy atom. The molecule has 0 radical (unpaired) electrons. The largest absolute Gasteiger partial charge is 0.309 e. The third-order valence-electron chi connectivity index (χ3n) is 14.8. The van der Waals surface area contributed by atoms with Gasteiger partial charge in [0.1, 0.15) is 0 Å². The summed E-state index contributed by atoms with van der Waals surface area (Å²) in [6, 6.07) is 82.6. The van der Waals surface area contributed by atoms with Crippen LogP contribution in [0.25, 0.3) is 138 Å². The molecule has 0 saturated heterocycles. The first-order chi connectivity index (χ1) is 35.2. The minimum atomic E-state index is 0.517. The molecule has 8 nitrogen and oxygen atoms in total. The minimum absolute atomic E-state index is 0.517. The van der Waals surface area contributed by atoms with E-state index in [0.717, 1.165) is 98.9 Å². The van der Waals surface area contributed by atoms with Crippen LogP contribution in [0, 0.1) is 0 Å². The average Bonchev–Trinajstić information content (AvgIpc) is 4.22. The van der Waals surface area contributed by atoms with Gasteiger partial charge in [-0.3, -0.25) is 13.7 Å². The topological polar surface area (TPSA) is 63.3 Å². The Labute approximate surface area is 404 Å². The number of fused-ring (bicyclic) bond motifs is 15. The molecule has 330 valence electrons. The van der Waals surface area contributed by atoms with Crippen LogP contribution in [0.2, 0.25) is 0 Å². The van der Waals surface area contributed by atoms with Crippen molar-refractivity contribution in [2.45, 2.75) is 0 Å². The zero-order valence-electron chi connectivity index (χ0n) is 38.0. The first-order valence-corrected chi connectivity index (χ1v) is 24.0. The smallest absolute Gasteiger partial charge is 0.241 e. The van der Waals surface area contributed by atoms with Crippen LogP contribution >= 0.6 is 0 Å². The zero-order chi connectivity index (χ0) is 46.3. The summed E-state index contributed by atoms with van der Waals surface area (Å²) in [5, 5.41) is 11.6. The fourth-order valence-electron chi connectivity index (χ4n) is 11.8. The second-order valence-electron chi connectivity index (χ2n) is 18.5. The standard InChI is InChI=1S/C63H38N8/c1-9-25-51-41(17-1)42-18-2-10-26-52(42)67(51)39-33-35-59-49(37-39)50-38-40(68-53-27-11-3-19-43(53)44-20-4-12-28-54(44)68)34-36-60(50)71(59)63-65-61(69-55-29-13-5-21-45(55)46-22-6-14-30-56(46)69)64-62(66-63)70-57-31-15-7-23-47(57)48-24-8-16-32-58(48)70/h1-38H. The van der Waals surface area contributed by atoms with Gasteiger partial charge in [-0.1, -0.05) is 146 Å². The predicted molar refractivity (Wildman–Crippen MR) is 292 cm³/mol. The molecule has 0 fully saturated rings. The maximum Gasteiger partial charge on any atom is 0.241 e. The lowest BCUT2D eigenvalue weighted by atomic mass is 10.1. The maximum absolute atomic E-state index is 5.58. The lowest BCUT2D eigenvalue weighted by Crippen LogP contribution is -2.13. The predicted octanol–water partition coefficient (Wildman–Crippen LogP) is 15.4. The summed E-state index contributed by atoms with van der Waals surface area (Å²) in [6.07, 6.45) is 0. The molecule has 8 heteroatoms. The van der Waals surface area contributed by atoms with E-state index < -0.39 is 0 Å². The van der Waals surface area contributed by atoms with Crippen LogP contribution in [-0.4, -0.2) is 37.8 Å². The Balaban J connectivity index is 1.04. The van der Waals surface area contributed by atoms with Crippen molar-refractivity contribution >= 4 is 109 Å². The maximum atomic E-state index is 5.58. The summed E-state index contributed by atoms with van der Waals surface area (Å²) in [5.74, 6) is 1.58. The van der Waals surface area contributed by atoms with E-state index in [9.17, 15) is 0 Å². The van der Waals surface area contributed by atoms with Gasteiger partial charge in [-0.15, -0.1) is 0 Å². The van der Waals surface area contributed by atoms with Gasteiger partial charge in [-0.25, -0.2) is 0 Å². The Morgan fingerprint density at radius 3 is 0.620 bits per heavy atom. The van der Waals surface area contributed by atoms with Crippen molar-refractivity contribution in [3.05, 3.63) is 231 Å². The van der Waals surface area contributed by atoms with Crippen LogP contribution in [-0.2, 0) is 0 Å². The van der Waals surface area contributed by atoms with Crippen molar-refractivity contribution in [3.8, 4) is 29.2 Å². The first kappa shape index (κ1) is 38.2. The fraction of sp³-hybridized carbons (Fsp3) is 0. The fourth-order valence-corrected chi connectivity index (χ4v) is 11.8. The van der Waals surface area contributed by atoms with Gasteiger partial charge in [-0.2, -0.15) is 15.0 Å². The van der Waals surface area contributed by atoms with Gasteiger partial charge < -0.3 is 9.13 Å². The molecule has 0 N–H and O–H groups in total. The summed E-state index contributed by atoms with van der Waals surface area (Å²) in [5.41, 5.74) is 12.8. The quantitative estimate of drug-likeness (QED) is 0.173. The van der Waals surface area contributed by atoms with Crippen LogP contribution in [0.15, 0.2) is 231 Å². The number of rotatable bonds is 5. The van der Waals surface area contributed by atoms with Gasteiger partial charge >= 0.3 is 0 Å². The summed E-state index contributed by atoms with van der Waals surface area (Å²) in [7, 11) is 0. The highest BCUT2D eigenvalue weighted by Gasteiger charge is 2.24. The van der Waals surface area contributed by atoms with Gasteiger partial charge in [0.05, 0.1) is 55.2 Å². The molecule has 0 aliphatic heterocycles. The van der Waals surface area contributed by atoms with Crippen molar-refractivity contribution in [1.29, 1.82) is 0 Å². The number of hydrogen-bond donors (Lipinski definition) is 0. The van der Waals surface area contributed by atoms with Gasteiger partial charge in [0, 0.05) is 65.2 Å². The molecule has 6 heterocycles. The molecule has 16 rings (SSSR count). The third kappa shape index (κ3) is 5.30. The SMILES string of the molecule is c1ccc2c(c1)c1ccccc1n2-c1ccc2c(c1)c1cc(-n3c4ccccc4c4ccccc43)ccc1n2-c1nc(-n2c3ccccc3c3ccccc32)nc(-n2c3ccccc3c3ccccc32)n1. The molecule has 6 aromatic heterocycles. The van der Waals surface area contributed by atoms with Gasteiger partial charge in [0.25, 0.3) is 0 Å². The van der Waals surface area contributed by atoms with E-state index in [2.05, 4.69) is 253 Å². The highest BCUT2D eigenvalue weighted by molar-refractivity contribution is 6.15. The van der Waals surface area contributed by atoms with Crippen LogP contribution < -0.4 is 0 Å². The first-order valence-electron chi connectivity index (χ1n) is 24.0. The molecule has 0 spiro atoms. The molecular formula is C63H38N8. The van der Waals surface area contributed by atoms with Crippen LogP contribution in [0.4, 0.5) is 0 Å². The highest BCUT2D eigenvalue weighted by Crippen LogP contribution is 2.41. The monoisotopic (exact) mass is 906 g/mol. The molecular weight excluding hydrogens is 869 g/mol. The molecule has 71 heavy (non-hydrogen) atoms. The van der Waals surface area contributed by atoms with E-state index in [4.69, 9.17) is 15.0 Å². The minimum Gasteiger partial charge on any atom is -0.309 e. The van der Waals surface area contributed by atoms with E-state index in [-0.39, 0.29) is 0 Å². The number of nitrogens with zero attached hydrogens (tertiary/aromatic N) is 8. The van der Waals surface area contributed by atoms with Crippen LogP contribution in [0.5, 0.6) is 0 Å². The van der Waals surface area contributed by atoms with Gasteiger partial charge in [-0.05, 0) is 84.9 Å². The molecule has 16 aromatic rings. The Kier molecular flexibility index (Phi) is 7.73. The molecule has 0 unspecified atom stereocenters. The van der Waals surface area contributed by atoms with Crippen molar-refractivity contribution in [2.75, 3.05) is 0 Å². The molecule has 0 atom stereocenters. The Morgan fingerprint density at radius 1 is 0.183 bits per heavy atom. The summed E-state index contributed by atoms with van der Waals surface area (Å²) in [4.78, 5) is 16.6. The van der Waals surface area contributed by atoms with Crippen molar-refractivity contribution < 1.29 is 0 Å². The lowest BCUT2D eigenvalue weighted by molar-refractivity contribution is 0.848. The molecule has 0 bridgehead atoms. The molecule has 0 aliphatic carbocycles. The van der Waals surface area contributed by atoms with Gasteiger partial charge in [0.2, 0.25) is 17.8 Å². The number of hydrogen-bond acceptors (Lipinski definition) is 3.